The van der Waals surface area contributed by atoms with Crippen LogP contribution in [0.25, 0.3) is 0 Å². The standard InChI is InChI=1S/C63H103N3O2.Fe/c1-7-9-11-13-15-17-19-21-23-25-27-29-31-33-35-37-39-41-50-67-58-46-48-60(54(3)52-58)64-56(5)62-44-43-45-63(66-62)57(6)65-61-49-47-59(53-55(61)4)68-51-42-40-38-36-34-32-30-28-26-24-22-20-18-16-14-12-10-8-2;/h43-49,52-53H,7-42,50-51H2,1-6H3;. The first-order valence-corrected chi connectivity index (χ1v) is 29.0. The molecule has 0 atom stereocenters. The quantitative estimate of drug-likeness (QED) is 0.0322. The fourth-order valence-electron chi connectivity index (χ4n) is 9.39. The Hall–Kier alpha value is -2.95. The van der Waals surface area contributed by atoms with Crippen LogP contribution in [0.1, 0.15) is 281 Å². The second-order valence-corrected chi connectivity index (χ2v) is 20.4. The van der Waals surface area contributed by atoms with Crippen molar-refractivity contribution in [1.82, 2.24) is 4.98 Å². The van der Waals surface area contributed by atoms with Crippen LogP contribution < -0.4 is 9.47 Å². The molecule has 0 N–H and O–H groups in total. The number of rotatable bonds is 44. The summed E-state index contributed by atoms with van der Waals surface area (Å²) < 4.78 is 12.3. The smallest absolute Gasteiger partial charge is 0.119 e. The summed E-state index contributed by atoms with van der Waals surface area (Å²) in [4.78, 5) is 14.9. The third-order valence-corrected chi connectivity index (χ3v) is 13.9. The summed E-state index contributed by atoms with van der Waals surface area (Å²) in [6.07, 6.45) is 50.0. The van der Waals surface area contributed by atoms with Gasteiger partial charge >= 0.3 is 0 Å². The first-order valence-electron chi connectivity index (χ1n) is 29.0. The third kappa shape index (κ3) is 31.2. The predicted octanol–water partition coefficient (Wildman–Crippen LogP) is 20.8. The van der Waals surface area contributed by atoms with E-state index in [1.807, 2.05) is 32.0 Å². The SMILES string of the molecule is CCCCCCCCCCCCCCCCCCCCOc1ccc(N=C(C)c2cccc(C(C)=Nc3ccc(OCCCCCCCCCCCCCCCCCCCC)cc3C)n2)c(C)c1.[Fe]. The summed E-state index contributed by atoms with van der Waals surface area (Å²) in [6.45, 7) is 14.4. The molecule has 1 heterocycles. The largest absolute Gasteiger partial charge is 0.494 e. The molecule has 69 heavy (non-hydrogen) atoms. The normalized spacial score (nSPS) is 11.9. The van der Waals surface area contributed by atoms with Crippen LogP contribution in [0.4, 0.5) is 11.4 Å². The number of hydrogen-bond donors (Lipinski definition) is 0. The van der Waals surface area contributed by atoms with E-state index in [1.54, 1.807) is 0 Å². The molecule has 0 aliphatic heterocycles. The summed E-state index contributed by atoms with van der Waals surface area (Å²) in [5.41, 5.74) is 7.55. The van der Waals surface area contributed by atoms with Crippen LogP contribution in [0.5, 0.6) is 11.5 Å². The first-order chi connectivity index (χ1) is 33.4. The third-order valence-electron chi connectivity index (χ3n) is 13.9. The van der Waals surface area contributed by atoms with Gasteiger partial charge in [0.2, 0.25) is 0 Å². The van der Waals surface area contributed by atoms with Gasteiger partial charge in [0.05, 0.1) is 47.4 Å². The summed E-state index contributed by atoms with van der Waals surface area (Å²) >= 11 is 0. The van der Waals surface area contributed by atoms with Gasteiger partial charge in [-0.3, -0.25) is 9.98 Å². The number of unbranched alkanes of at least 4 members (excludes halogenated alkanes) is 34. The van der Waals surface area contributed by atoms with Gasteiger partial charge in [0.15, 0.2) is 0 Å². The Bertz CT molecular complexity index is 1630. The van der Waals surface area contributed by atoms with Crippen molar-refractivity contribution < 1.29 is 26.5 Å². The molecule has 0 amide bonds. The van der Waals surface area contributed by atoms with E-state index in [0.29, 0.717) is 0 Å². The molecule has 6 heteroatoms. The number of aryl methyl sites for hydroxylation is 2. The minimum atomic E-state index is 0. The van der Waals surface area contributed by atoms with Crippen molar-refractivity contribution in [3.63, 3.8) is 0 Å². The molecule has 0 spiro atoms. The van der Waals surface area contributed by atoms with Gasteiger partial charge in [-0.25, -0.2) is 4.98 Å². The minimum absolute atomic E-state index is 0. The Morgan fingerprint density at radius 2 is 0.638 bits per heavy atom. The van der Waals surface area contributed by atoms with E-state index < -0.39 is 0 Å². The number of pyridine rings is 1. The topological polar surface area (TPSA) is 56.1 Å². The van der Waals surface area contributed by atoms with Gasteiger partial charge in [0.25, 0.3) is 0 Å². The molecule has 0 unspecified atom stereocenters. The minimum Gasteiger partial charge on any atom is -0.494 e. The van der Waals surface area contributed by atoms with E-state index in [9.17, 15) is 0 Å². The molecule has 0 radical (unpaired) electrons. The maximum absolute atomic E-state index is 6.15. The maximum atomic E-state index is 6.15. The molecule has 0 saturated carbocycles. The van der Waals surface area contributed by atoms with Crippen molar-refractivity contribution in [2.75, 3.05) is 13.2 Å². The number of aromatic nitrogens is 1. The number of ether oxygens (including phenoxy) is 2. The van der Waals surface area contributed by atoms with Crippen molar-refractivity contribution in [3.05, 3.63) is 77.1 Å². The van der Waals surface area contributed by atoms with E-state index in [4.69, 9.17) is 24.4 Å². The van der Waals surface area contributed by atoms with Crippen LogP contribution in [0.2, 0.25) is 0 Å². The van der Waals surface area contributed by atoms with Gasteiger partial charge in [-0.2, -0.15) is 0 Å². The number of aliphatic imine (C=N–C) groups is 2. The summed E-state index contributed by atoms with van der Waals surface area (Å²) in [6, 6.07) is 18.6. The molecular formula is C63H103FeN3O2. The molecule has 390 valence electrons. The average Bonchev–Trinajstić information content (AvgIpc) is 3.34. The summed E-state index contributed by atoms with van der Waals surface area (Å²) in [5.74, 6) is 1.85. The zero-order valence-electron chi connectivity index (χ0n) is 45.6. The molecule has 0 aliphatic rings. The first kappa shape index (κ1) is 62.2. The van der Waals surface area contributed by atoms with Gasteiger partial charge in [0.1, 0.15) is 11.5 Å². The molecule has 0 saturated heterocycles. The predicted molar refractivity (Wildman–Crippen MR) is 299 cm³/mol. The van der Waals surface area contributed by atoms with E-state index in [2.05, 4.69) is 64.1 Å². The number of hydrogen-bond acceptors (Lipinski definition) is 5. The molecule has 0 aliphatic carbocycles. The van der Waals surface area contributed by atoms with Gasteiger partial charge in [-0.1, -0.05) is 238 Å². The van der Waals surface area contributed by atoms with Crippen molar-refractivity contribution in [3.8, 4) is 11.5 Å². The van der Waals surface area contributed by atoms with Gasteiger partial charge in [-0.15, -0.1) is 0 Å². The zero-order valence-corrected chi connectivity index (χ0v) is 46.7. The van der Waals surface area contributed by atoms with Crippen LogP contribution in [0, 0.1) is 13.8 Å². The zero-order chi connectivity index (χ0) is 48.5. The van der Waals surface area contributed by atoms with Crippen molar-refractivity contribution in [2.45, 2.75) is 273 Å². The fourth-order valence-corrected chi connectivity index (χ4v) is 9.39. The maximum Gasteiger partial charge on any atom is 0.119 e. The molecule has 1 aromatic heterocycles. The summed E-state index contributed by atoms with van der Waals surface area (Å²) in [7, 11) is 0. The van der Waals surface area contributed by atoms with Crippen LogP contribution in [-0.4, -0.2) is 29.6 Å². The van der Waals surface area contributed by atoms with Crippen LogP contribution in [-0.2, 0) is 17.1 Å². The Morgan fingerprint density at radius 1 is 0.377 bits per heavy atom. The van der Waals surface area contributed by atoms with Crippen molar-refractivity contribution >= 4 is 22.8 Å². The Balaban J connectivity index is 0.0000163. The van der Waals surface area contributed by atoms with Gasteiger partial charge in [-0.05, 0) is 100 Å². The number of benzene rings is 2. The van der Waals surface area contributed by atoms with E-state index >= 15 is 0 Å². The molecule has 2 aromatic carbocycles. The average molecular weight is 990 g/mol. The van der Waals surface area contributed by atoms with Gasteiger partial charge < -0.3 is 9.47 Å². The Labute approximate surface area is 436 Å². The molecule has 3 rings (SSSR count). The Kier molecular flexibility index (Phi) is 38.5. The molecule has 3 aromatic rings. The van der Waals surface area contributed by atoms with Crippen LogP contribution in [0.3, 0.4) is 0 Å². The number of nitrogens with zero attached hydrogens (tertiary/aromatic N) is 3. The molecule has 0 fully saturated rings. The van der Waals surface area contributed by atoms with E-state index in [1.165, 1.54) is 218 Å². The van der Waals surface area contributed by atoms with Crippen LogP contribution in [0.15, 0.2) is 64.6 Å². The van der Waals surface area contributed by atoms with Crippen molar-refractivity contribution in [1.29, 1.82) is 0 Å². The second-order valence-electron chi connectivity index (χ2n) is 20.4. The van der Waals surface area contributed by atoms with E-state index in [-0.39, 0.29) is 17.1 Å². The van der Waals surface area contributed by atoms with Gasteiger partial charge in [0, 0.05) is 17.1 Å². The fraction of sp³-hybridized carbons (Fsp3) is 0.698. The van der Waals surface area contributed by atoms with Crippen molar-refractivity contribution in [2.24, 2.45) is 9.98 Å². The van der Waals surface area contributed by atoms with Crippen LogP contribution >= 0.6 is 0 Å². The summed E-state index contributed by atoms with van der Waals surface area (Å²) in [5, 5.41) is 0. The Morgan fingerprint density at radius 3 is 0.899 bits per heavy atom. The molecular weight excluding hydrogens is 887 g/mol. The second kappa shape index (κ2) is 42.7. The molecule has 5 nitrogen and oxygen atoms in total. The monoisotopic (exact) mass is 990 g/mol. The van der Waals surface area contributed by atoms with E-state index in [0.717, 1.165) is 82.9 Å². The molecule has 0 bridgehead atoms.